The van der Waals surface area contributed by atoms with Crippen LogP contribution in [0.4, 0.5) is 10.5 Å². The van der Waals surface area contributed by atoms with Crippen molar-refractivity contribution in [3.05, 3.63) is 23.2 Å². The Kier molecular flexibility index (Phi) is 4.73. The van der Waals surface area contributed by atoms with Crippen LogP contribution in [0.3, 0.4) is 0 Å². The van der Waals surface area contributed by atoms with Crippen LogP contribution in [0.5, 0.6) is 5.75 Å². The zero-order valence-corrected chi connectivity index (χ0v) is 12.4. The lowest BCUT2D eigenvalue weighted by atomic mass is 10.2. The number of hydrogen-bond donors (Lipinski definition) is 2. The van der Waals surface area contributed by atoms with Crippen LogP contribution in [0.25, 0.3) is 0 Å². The van der Waals surface area contributed by atoms with Crippen LogP contribution < -0.4 is 10.1 Å². The molecule has 0 aliphatic heterocycles. The van der Waals surface area contributed by atoms with Gasteiger partial charge in [-0.1, -0.05) is 11.6 Å². The van der Waals surface area contributed by atoms with Crippen molar-refractivity contribution in [2.75, 3.05) is 26.0 Å². The number of hydrogen-bond acceptors (Lipinski definition) is 3. The zero-order chi connectivity index (χ0) is 14.7. The highest BCUT2D eigenvalue weighted by Crippen LogP contribution is 2.33. The summed E-state index contributed by atoms with van der Waals surface area (Å²) in [6.07, 6.45) is 1.63. The van der Waals surface area contributed by atoms with Crippen LogP contribution in [0.15, 0.2) is 18.2 Å². The first kappa shape index (κ1) is 14.9. The fraction of sp³-hybridized carbons (Fsp3) is 0.500. The molecule has 1 aliphatic carbocycles. The Labute approximate surface area is 123 Å². The smallest absolute Gasteiger partial charge is 0.321 e. The van der Waals surface area contributed by atoms with Crippen molar-refractivity contribution < 1.29 is 14.6 Å². The second kappa shape index (κ2) is 6.33. The molecule has 0 aromatic heterocycles. The average Bonchev–Trinajstić information content (AvgIpc) is 3.23. The highest BCUT2D eigenvalue weighted by Gasteiger charge is 2.31. The molecule has 2 N–H and O–H groups in total. The molecule has 0 heterocycles. The predicted octanol–water partition coefficient (Wildman–Crippen LogP) is 2.58. The van der Waals surface area contributed by atoms with E-state index in [1.165, 1.54) is 12.0 Å². The zero-order valence-electron chi connectivity index (χ0n) is 11.6. The SMILES string of the molecule is COc1ccc(Cl)cc1NC(=O)N(C)CC(O)C1CC1. The molecule has 0 spiro atoms. The Morgan fingerprint density at radius 2 is 2.30 bits per heavy atom. The molecule has 0 bridgehead atoms. The number of benzene rings is 1. The Bertz CT molecular complexity index is 491. The van der Waals surface area contributed by atoms with Gasteiger partial charge in [0.1, 0.15) is 5.75 Å². The summed E-state index contributed by atoms with van der Waals surface area (Å²) < 4.78 is 5.17. The summed E-state index contributed by atoms with van der Waals surface area (Å²) >= 11 is 5.91. The molecule has 1 aromatic carbocycles. The molecule has 2 rings (SSSR count). The summed E-state index contributed by atoms with van der Waals surface area (Å²) in [6, 6.07) is 4.71. The maximum Gasteiger partial charge on any atom is 0.321 e. The molecule has 20 heavy (non-hydrogen) atoms. The quantitative estimate of drug-likeness (QED) is 0.878. The van der Waals surface area contributed by atoms with Gasteiger partial charge in [-0.25, -0.2) is 4.79 Å². The summed E-state index contributed by atoms with van der Waals surface area (Å²) in [5.74, 6) is 0.879. The monoisotopic (exact) mass is 298 g/mol. The van der Waals surface area contributed by atoms with Crippen molar-refractivity contribution in [2.45, 2.75) is 18.9 Å². The number of ether oxygens (including phenoxy) is 1. The number of carbonyl (C=O) groups excluding carboxylic acids is 1. The summed E-state index contributed by atoms with van der Waals surface area (Å²) in [4.78, 5) is 13.5. The number of halogens is 1. The van der Waals surface area contributed by atoms with E-state index in [9.17, 15) is 9.90 Å². The number of amides is 2. The molecule has 1 saturated carbocycles. The fourth-order valence-electron chi connectivity index (χ4n) is 1.98. The fourth-order valence-corrected chi connectivity index (χ4v) is 2.15. The molecule has 110 valence electrons. The lowest BCUT2D eigenvalue weighted by molar-refractivity contribution is 0.117. The van der Waals surface area contributed by atoms with Crippen LogP contribution in [-0.4, -0.2) is 42.8 Å². The van der Waals surface area contributed by atoms with Crippen molar-refractivity contribution >= 4 is 23.3 Å². The molecule has 6 heteroatoms. The molecule has 0 radical (unpaired) electrons. The van der Waals surface area contributed by atoms with Crippen molar-refractivity contribution in [1.82, 2.24) is 4.90 Å². The molecular formula is C14H19ClN2O3. The van der Waals surface area contributed by atoms with E-state index in [1.807, 2.05) is 0 Å². The molecule has 1 fully saturated rings. The first-order valence-electron chi connectivity index (χ1n) is 6.55. The van der Waals surface area contributed by atoms with Crippen LogP contribution in [0, 0.1) is 5.92 Å². The number of aliphatic hydroxyl groups is 1. The van der Waals surface area contributed by atoms with Crippen molar-refractivity contribution in [3.63, 3.8) is 0 Å². The molecule has 1 atom stereocenters. The van der Waals surface area contributed by atoms with Gasteiger partial charge in [-0.15, -0.1) is 0 Å². The number of methoxy groups -OCH3 is 1. The third kappa shape index (κ3) is 3.77. The van der Waals surface area contributed by atoms with Gasteiger partial charge in [0.05, 0.1) is 18.9 Å². The van der Waals surface area contributed by atoms with E-state index in [-0.39, 0.29) is 6.03 Å². The van der Waals surface area contributed by atoms with Crippen LogP contribution in [-0.2, 0) is 0 Å². The second-order valence-corrected chi connectivity index (χ2v) is 5.50. The Morgan fingerprint density at radius 1 is 1.60 bits per heavy atom. The van der Waals surface area contributed by atoms with Gasteiger partial charge in [0, 0.05) is 18.6 Å². The molecule has 1 aliphatic rings. The maximum atomic E-state index is 12.1. The number of rotatable bonds is 5. The Morgan fingerprint density at radius 3 is 2.90 bits per heavy atom. The number of carbonyl (C=O) groups is 1. The van der Waals surface area contributed by atoms with Crippen molar-refractivity contribution in [3.8, 4) is 5.75 Å². The van der Waals surface area contributed by atoms with Gasteiger partial charge < -0.3 is 20.1 Å². The van der Waals surface area contributed by atoms with Crippen LogP contribution in [0.2, 0.25) is 5.02 Å². The maximum absolute atomic E-state index is 12.1. The van der Waals surface area contributed by atoms with Gasteiger partial charge in [-0.2, -0.15) is 0 Å². The van der Waals surface area contributed by atoms with E-state index in [2.05, 4.69) is 5.32 Å². The number of anilines is 1. The number of nitrogens with one attached hydrogen (secondary N) is 1. The van der Waals surface area contributed by atoms with Crippen LogP contribution in [0.1, 0.15) is 12.8 Å². The van der Waals surface area contributed by atoms with Gasteiger partial charge in [0.25, 0.3) is 0 Å². The molecule has 2 amide bonds. The predicted molar refractivity (Wildman–Crippen MR) is 78.4 cm³/mol. The third-order valence-corrected chi connectivity index (χ3v) is 3.61. The van der Waals surface area contributed by atoms with Gasteiger partial charge >= 0.3 is 6.03 Å². The second-order valence-electron chi connectivity index (χ2n) is 5.06. The number of likely N-dealkylation sites (N-methyl/N-ethyl adjacent to an activating group) is 1. The van der Waals surface area contributed by atoms with Gasteiger partial charge in [-0.05, 0) is 37.0 Å². The van der Waals surface area contributed by atoms with Gasteiger partial charge in [-0.3, -0.25) is 0 Å². The molecule has 0 saturated heterocycles. The van der Waals surface area contributed by atoms with E-state index in [0.29, 0.717) is 28.9 Å². The summed E-state index contributed by atoms with van der Waals surface area (Å²) in [6.45, 7) is 0.319. The lowest BCUT2D eigenvalue weighted by Gasteiger charge is -2.21. The lowest BCUT2D eigenvalue weighted by Crippen LogP contribution is -2.38. The number of aliphatic hydroxyl groups excluding tert-OH is 1. The normalized spacial score (nSPS) is 15.6. The van der Waals surface area contributed by atoms with E-state index in [4.69, 9.17) is 16.3 Å². The van der Waals surface area contributed by atoms with Crippen LogP contribution >= 0.6 is 11.6 Å². The highest BCUT2D eigenvalue weighted by molar-refractivity contribution is 6.31. The highest BCUT2D eigenvalue weighted by atomic mass is 35.5. The number of urea groups is 1. The Balaban J connectivity index is 1.97. The molecular weight excluding hydrogens is 280 g/mol. The standard InChI is InChI=1S/C14H19ClN2O3/c1-17(8-12(18)9-3-4-9)14(19)16-11-7-10(15)5-6-13(11)20-2/h5-7,9,12,18H,3-4,8H2,1-2H3,(H,16,19). The van der Waals surface area contributed by atoms with Crippen molar-refractivity contribution in [2.24, 2.45) is 5.92 Å². The molecule has 1 unspecified atom stereocenters. The topological polar surface area (TPSA) is 61.8 Å². The molecule has 5 nitrogen and oxygen atoms in total. The van der Waals surface area contributed by atoms with Gasteiger partial charge in [0.15, 0.2) is 0 Å². The van der Waals surface area contributed by atoms with Gasteiger partial charge in [0.2, 0.25) is 0 Å². The third-order valence-electron chi connectivity index (χ3n) is 3.38. The minimum Gasteiger partial charge on any atom is -0.495 e. The van der Waals surface area contributed by atoms with E-state index in [1.54, 1.807) is 25.2 Å². The summed E-state index contributed by atoms with van der Waals surface area (Å²) in [5.41, 5.74) is 0.512. The minimum absolute atomic E-state index is 0.301. The van der Waals surface area contributed by atoms with Crippen molar-refractivity contribution in [1.29, 1.82) is 0 Å². The molecule has 1 aromatic rings. The Hall–Kier alpha value is -1.46. The first-order valence-corrected chi connectivity index (χ1v) is 6.92. The van der Waals surface area contributed by atoms with E-state index < -0.39 is 6.10 Å². The largest absolute Gasteiger partial charge is 0.495 e. The minimum atomic E-state index is -0.452. The summed E-state index contributed by atoms with van der Waals surface area (Å²) in [7, 11) is 3.18. The summed E-state index contributed by atoms with van der Waals surface area (Å²) in [5, 5.41) is 13.1. The average molecular weight is 299 g/mol. The van der Waals surface area contributed by atoms with E-state index >= 15 is 0 Å². The first-order chi connectivity index (χ1) is 9.51. The number of nitrogens with zero attached hydrogens (tertiary/aromatic N) is 1. The van der Waals surface area contributed by atoms with E-state index in [0.717, 1.165) is 12.8 Å².